The van der Waals surface area contributed by atoms with E-state index in [1.165, 1.54) is 4.90 Å². The summed E-state index contributed by atoms with van der Waals surface area (Å²) in [5.74, 6) is 0.395. The number of amides is 3. The molecule has 2 aromatic heterocycles. The van der Waals surface area contributed by atoms with E-state index in [1.54, 1.807) is 20.4 Å². The van der Waals surface area contributed by atoms with E-state index in [0.717, 1.165) is 24.1 Å². The van der Waals surface area contributed by atoms with Crippen LogP contribution >= 0.6 is 0 Å². The maximum atomic E-state index is 12.0. The SMILES string of the molecule is COC(CCc1ccn2c(N3CCC(=O)NC3=O)cnc2c1)OC. The van der Waals surface area contributed by atoms with E-state index in [2.05, 4.69) is 10.3 Å². The number of anilines is 1. The van der Waals surface area contributed by atoms with Crippen LogP contribution in [0.15, 0.2) is 24.5 Å². The average molecular weight is 332 g/mol. The van der Waals surface area contributed by atoms with Crippen LogP contribution in [0.25, 0.3) is 5.65 Å². The molecule has 0 saturated carbocycles. The molecule has 3 rings (SSSR count). The fourth-order valence-electron chi connectivity index (χ4n) is 2.76. The molecular formula is C16H20N4O4. The highest BCUT2D eigenvalue weighted by Gasteiger charge is 2.26. The second-order valence-corrected chi connectivity index (χ2v) is 5.57. The van der Waals surface area contributed by atoms with Crippen LogP contribution in [-0.2, 0) is 20.7 Å². The van der Waals surface area contributed by atoms with Crippen molar-refractivity contribution >= 4 is 23.4 Å². The number of imidazole rings is 1. The Hall–Kier alpha value is -2.45. The highest BCUT2D eigenvalue weighted by molar-refractivity contribution is 6.05. The topological polar surface area (TPSA) is 85.2 Å². The lowest BCUT2D eigenvalue weighted by Gasteiger charge is -2.25. The zero-order chi connectivity index (χ0) is 17.1. The maximum absolute atomic E-state index is 12.0. The van der Waals surface area contributed by atoms with Gasteiger partial charge in [0.25, 0.3) is 0 Å². The van der Waals surface area contributed by atoms with Crippen LogP contribution in [0.1, 0.15) is 18.4 Å². The Balaban J connectivity index is 1.78. The van der Waals surface area contributed by atoms with Gasteiger partial charge in [0.2, 0.25) is 5.91 Å². The van der Waals surface area contributed by atoms with E-state index in [9.17, 15) is 9.59 Å². The number of urea groups is 1. The summed E-state index contributed by atoms with van der Waals surface area (Å²) in [7, 11) is 3.24. The van der Waals surface area contributed by atoms with Crippen LogP contribution in [0.3, 0.4) is 0 Å². The number of methoxy groups -OCH3 is 2. The first-order valence-corrected chi connectivity index (χ1v) is 7.75. The molecular weight excluding hydrogens is 312 g/mol. The van der Waals surface area contributed by atoms with Crippen molar-refractivity contribution in [3.8, 4) is 0 Å². The first-order valence-electron chi connectivity index (χ1n) is 7.75. The number of hydrogen-bond donors (Lipinski definition) is 1. The summed E-state index contributed by atoms with van der Waals surface area (Å²) < 4.78 is 12.2. The lowest BCUT2D eigenvalue weighted by Crippen LogP contribution is -2.50. The highest BCUT2D eigenvalue weighted by Crippen LogP contribution is 2.20. The third kappa shape index (κ3) is 3.24. The van der Waals surface area contributed by atoms with Crippen LogP contribution in [0.2, 0.25) is 0 Å². The Morgan fingerprint density at radius 3 is 2.83 bits per heavy atom. The van der Waals surface area contributed by atoms with E-state index in [-0.39, 0.29) is 18.6 Å². The van der Waals surface area contributed by atoms with Crippen molar-refractivity contribution in [1.29, 1.82) is 0 Å². The molecule has 3 heterocycles. The number of pyridine rings is 1. The number of imide groups is 1. The molecule has 0 spiro atoms. The molecule has 24 heavy (non-hydrogen) atoms. The number of aromatic nitrogens is 2. The van der Waals surface area contributed by atoms with Gasteiger partial charge >= 0.3 is 6.03 Å². The van der Waals surface area contributed by atoms with Gasteiger partial charge in [-0.15, -0.1) is 0 Å². The smallest absolute Gasteiger partial charge is 0.329 e. The van der Waals surface area contributed by atoms with Gasteiger partial charge in [-0.05, 0) is 24.1 Å². The van der Waals surface area contributed by atoms with Gasteiger partial charge in [-0.25, -0.2) is 9.78 Å². The monoisotopic (exact) mass is 332 g/mol. The summed E-state index contributed by atoms with van der Waals surface area (Å²) >= 11 is 0. The second-order valence-electron chi connectivity index (χ2n) is 5.57. The zero-order valence-corrected chi connectivity index (χ0v) is 13.7. The van der Waals surface area contributed by atoms with Crippen molar-refractivity contribution in [2.75, 3.05) is 25.7 Å². The minimum absolute atomic E-state index is 0.230. The molecule has 1 aliphatic rings. The molecule has 2 aromatic rings. The van der Waals surface area contributed by atoms with Crippen LogP contribution in [0.5, 0.6) is 0 Å². The molecule has 8 nitrogen and oxygen atoms in total. The number of aryl methyl sites for hydroxylation is 1. The quantitative estimate of drug-likeness (QED) is 0.807. The van der Waals surface area contributed by atoms with Gasteiger partial charge in [-0.3, -0.25) is 19.4 Å². The van der Waals surface area contributed by atoms with Crippen molar-refractivity contribution in [1.82, 2.24) is 14.7 Å². The standard InChI is InChI=1S/C16H20N4O4/c1-23-15(24-2)4-3-11-5-7-19-12(9-11)17-10-14(19)20-8-6-13(21)18-16(20)22/h5,7,9-10,15H,3-4,6,8H2,1-2H3,(H,18,21,22). The minimum atomic E-state index is -0.417. The van der Waals surface area contributed by atoms with E-state index in [4.69, 9.17) is 9.47 Å². The Morgan fingerprint density at radius 2 is 2.12 bits per heavy atom. The van der Waals surface area contributed by atoms with Gasteiger partial charge in [0.05, 0.1) is 6.20 Å². The van der Waals surface area contributed by atoms with E-state index in [1.807, 2.05) is 22.7 Å². The fourth-order valence-corrected chi connectivity index (χ4v) is 2.76. The molecule has 1 fully saturated rings. The van der Waals surface area contributed by atoms with Crippen LogP contribution in [0.4, 0.5) is 10.6 Å². The first kappa shape index (κ1) is 16.4. The van der Waals surface area contributed by atoms with Crippen molar-refractivity contribution < 1.29 is 19.1 Å². The molecule has 0 bridgehead atoms. The molecule has 0 aromatic carbocycles. The van der Waals surface area contributed by atoms with Gasteiger partial charge in [-0.1, -0.05) is 0 Å². The number of carbonyl (C=O) groups excluding carboxylic acids is 2. The number of hydrogen-bond acceptors (Lipinski definition) is 5. The molecule has 0 unspecified atom stereocenters. The Morgan fingerprint density at radius 1 is 1.33 bits per heavy atom. The lowest BCUT2D eigenvalue weighted by molar-refractivity contribution is -0.120. The summed E-state index contributed by atoms with van der Waals surface area (Å²) in [5.41, 5.74) is 1.86. The summed E-state index contributed by atoms with van der Waals surface area (Å²) in [5, 5.41) is 2.32. The van der Waals surface area contributed by atoms with Gasteiger partial charge in [0, 0.05) is 39.8 Å². The number of nitrogens with zero attached hydrogens (tertiary/aromatic N) is 3. The van der Waals surface area contributed by atoms with Crippen molar-refractivity contribution in [2.24, 2.45) is 0 Å². The van der Waals surface area contributed by atoms with E-state index in [0.29, 0.717) is 12.4 Å². The van der Waals surface area contributed by atoms with Gasteiger partial charge in [0.15, 0.2) is 6.29 Å². The summed E-state index contributed by atoms with van der Waals surface area (Å²) in [6.07, 6.45) is 5.11. The summed E-state index contributed by atoms with van der Waals surface area (Å²) in [6.45, 7) is 0.351. The minimum Gasteiger partial charge on any atom is -0.356 e. The predicted octanol–water partition coefficient (Wildman–Crippen LogP) is 1.33. The van der Waals surface area contributed by atoms with Gasteiger partial charge < -0.3 is 9.47 Å². The molecule has 1 N–H and O–H groups in total. The number of ether oxygens (including phenoxy) is 2. The third-order valence-corrected chi connectivity index (χ3v) is 4.08. The molecule has 128 valence electrons. The van der Waals surface area contributed by atoms with Crippen LogP contribution in [0, 0.1) is 0 Å². The Labute approximate surface area is 139 Å². The molecule has 1 saturated heterocycles. The number of carbonyl (C=O) groups is 2. The summed E-state index contributed by atoms with van der Waals surface area (Å²) in [6, 6.07) is 3.53. The third-order valence-electron chi connectivity index (χ3n) is 4.08. The predicted molar refractivity (Wildman–Crippen MR) is 86.8 cm³/mol. The molecule has 0 atom stereocenters. The number of fused-ring (bicyclic) bond motifs is 1. The fraction of sp³-hybridized carbons (Fsp3) is 0.438. The van der Waals surface area contributed by atoms with Crippen molar-refractivity contribution in [2.45, 2.75) is 25.6 Å². The number of rotatable bonds is 6. The maximum Gasteiger partial charge on any atom is 0.329 e. The van der Waals surface area contributed by atoms with E-state index < -0.39 is 6.03 Å². The molecule has 1 aliphatic heterocycles. The summed E-state index contributed by atoms with van der Waals surface area (Å²) in [4.78, 5) is 29.1. The van der Waals surface area contributed by atoms with Crippen molar-refractivity contribution in [3.05, 3.63) is 30.1 Å². The first-order chi connectivity index (χ1) is 11.6. The molecule has 3 amide bonds. The molecule has 0 aliphatic carbocycles. The lowest BCUT2D eigenvalue weighted by atomic mass is 10.1. The average Bonchev–Trinajstić information content (AvgIpc) is 2.99. The van der Waals surface area contributed by atoms with Gasteiger partial charge in [0.1, 0.15) is 11.5 Å². The zero-order valence-electron chi connectivity index (χ0n) is 13.7. The molecule has 0 radical (unpaired) electrons. The van der Waals surface area contributed by atoms with E-state index >= 15 is 0 Å². The second kappa shape index (κ2) is 6.98. The van der Waals surface area contributed by atoms with Crippen molar-refractivity contribution in [3.63, 3.8) is 0 Å². The Bertz CT molecular complexity index is 754. The number of nitrogens with one attached hydrogen (secondary N) is 1. The van der Waals surface area contributed by atoms with Gasteiger partial charge in [-0.2, -0.15) is 0 Å². The van der Waals surface area contributed by atoms with Crippen LogP contribution in [-0.4, -0.2) is 48.4 Å². The molecule has 8 heteroatoms. The van der Waals surface area contributed by atoms with Crippen LogP contribution < -0.4 is 10.2 Å². The largest absolute Gasteiger partial charge is 0.356 e. The Kier molecular flexibility index (Phi) is 4.77. The highest BCUT2D eigenvalue weighted by atomic mass is 16.7. The normalized spacial score (nSPS) is 15.4.